The molecule has 0 fully saturated rings. The van der Waals surface area contributed by atoms with E-state index in [1.165, 1.54) is 12.4 Å². The number of pyridine rings is 1. The number of halogens is 1. The van der Waals surface area contributed by atoms with Gasteiger partial charge in [0.25, 0.3) is 0 Å². The van der Waals surface area contributed by atoms with Gasteiger partial charge in [-0.1, -0.05) is 18.2 Å². The molecule has 3 aromatic rings. The molecule has 1 aromatic carbocycles. The summed E-state index contributed by atoms with van der Waals surface area (Å²) in [6.07, 6.45) is 1.18. The predicted molar refractivity (Wildman–Crippen MR) is 71.8 cm³/mol. The van der Waals surface area contributed by atoms with E-state index in [2.05, 4.69) is 20.3 Å². The summed E-state index contributed by atoms with van der Waals surface area (Å²) >= 11 is 0. The number of hydrogen-bond donors (Lipinski definition) is 1. The summed E-state index contributed by atoms with van der Waals surface area (Å²) in [4.78, 5) is 11.9. The molecule has 0 amide bonds. The highest BCUT2D eigenvalue weighted by Crippen LogP contribution is 2.24. The molecule has 0 atom stereocenters. The Bertz CT molecular complexity index is 742. The summed E-state index contributed by atoms with van der Waals surface area (Å²) in [5.41, 5.74) is 2.55. The van der Waals surface area contributed by atoms with Gasteiger partial charge in [0.1, 0.15) is 12.1 Å². The van der Waals surface area contributed by atoms with Gasteiger partial charge in [-0.15, -0.1) is 0 Å². The zero-order chi connectivity index (χ0) is 13.2. The van der Waals surface area contributed by atoms with Crippen LogP contribution in [0.4, 0.5) is 15.9 Å². The summed E-state index contributed by atoms with van der Waals surface area (Å²) in [5, 5.41) is 4.08. The third kappa shape index (κ3) is 2.35. The van der Waals surface area contributed by atoms with Crippen LogP contribution in [-0.2, 0) is 0 Å². The Balaban J connectivity index is 2.07. The van der Waals surface area contributed by atoms with Gasteiger partial charge in [0.05, 0.1) is 11.2 Å². The number of nitrogens with zero attached hydrogens (tertiary/aromatic N) is 3. The lowest BCUT2D eigenvalue weighted by molar-refractivity contribution is 0.580. The summed E-state index contributed by atoms with van der Waals surface area (Å²) in [6, 6.07) is 11.0. The number of rotatable bonds is 2. The lowest BCUT2D eigenvalue weighted by Crippen LogP contribution is -1.97. The molecule has 2 aromatic heterocycles. The summed E-state index contributed by atoms with van der Waals surface area (Å²) < 4.78 is 13.0. The SMILES string of the molecule is Cc1ccc2cccc(Nc3cc(F)ncn3)c2n1. The Labute approximate surface area is 109 Å². The van der Waals surface area contributed by atoms with Crippen molar-refractivity contribution in [1.82, 2.24) is 15.0 Å². The number of benzene rings is 1. The topological polar surface area (TPSA) is 50.7 Å². The molecular weight excluding hydrogens is 243 g/mol. The second-order valence-electron chi connectivity index (χ2n) is 4.18. The minimum atomic E-state index is -0.568. The number of aryl methyl sites for hydroxylation is 1. The van der Waals surface area contributed by atoms with Crippen LogP contribution in [0.3, 0.4) is 0 Å². The van der Waals surface area contributed by atoms with E-state index < -0.39 is 5.95 Å². The van der Waals surface area contributed by atoms with Gasteiger partial charge < -0.3 is 5.32 Å². The summed E-state index contributed by atoms with van der Waals surface area (Å²) in [7, 11) is 0. The van der Waals surface area contributed by atoms with Crippen LogP contribution in [0, 0.1) is 12.9 Å². The second-order valence-corrected chi connectivity index (χ2v) is 4.18. The van der Waals surface area contributed by atoms with Crippen LogP contribution in [0.2, 0.25) is 0 Å². The fraction of sp³-hybridized carbons (Fsp3) is 0.0714. The molecule has 0 radical (unpaired) electrons. The fourth-order valence-electron chi connectivity index (χ4n) is 1.89. The molecule has 0 bridgehead atoms. The van der Waals surface area contributed by atoms with Crippen molar-refractivity contribution in [3.8, 4) is 0 Å². The normalized spacial score (nSPS) is 10.6. The molecule has 0 aliphatic rings. The van der Waals surface area contributed by atoms with Crippen molar-refractivity contribution in [3.63, 3.8) is 0 Å². The van der Waals surface area contributed by atoms with E-state index in [1.807, 2.05) is 37.3 Å². The Hall–Kier alpha value is -2.56. The first kappa shape index (κ1) is 11.5. The maximum atomic E-state index is 13.0. The lowest BCUT2D eigenvalue weighted by Gasteiger charge is -2.08. The monoisotopic (exact) mass is 254 g/mol. The van der Waals surface area contributed by atoms with Crippen molar-refractivity contribution in [2.75, 3.05) is 5.32 Å². The van der Waals surface area contributed by atoms with Crippen molar-refractivity contribution in [3.05, 3.63) is 54.4 Å². The Kier molecular flexibility index (Phi) is 2.79. The van der Waals surface area contributed by atoms with Crippen LogP contribution in [0.5, 0.6) is 0 Å². The smallest absolute Gasteiger partial charge is 0.218 e. The minimum Gasteiger partial charge on any atom is -0.338 e. The molecule has 5 heteroatoms. The number of para-hydroxylation sites is 1. The standard InChI is InChI=1S/C14H11FN4/c1-9-5-6-10-3-2-4-11(14(10)18-9)19-13-7-12(15)16-8-17-13/h2-8H,1H3,(H,16,17,19). The molecular formula is C14H11FN4. The third-order valence-electron chi connectivity index (χ3n) is 2.76. The molecule has 2 heterocycles. The molecule has 0 saturated heterocycles. The maximum absolute atomic E-state index is 13.0. The summed E-state index contributed by atoms with van der Waals surface area (Å²) in [5.74, 6) is -0.162. The van der Waals surface area contributed by atoms with Gasteiger partial charge in [-0.2, -0.15) is 4.39 Å². The quantitative estimate of drug-likeness (QED) is 0.713. The number of nitrogens with one attached hydrogen (secondary N) is 1. The average molecular weight is 254 g/mol. The van der Waals surface area contributed by atoms with Gasteiger partial charge in [0, 0.05) is 17.1 Å². The van der Waals surface area contributed by atoms with E-state index in [-0.39, 0.29) is 0 Å². The van der Waals surface area contributed by atoms with Crippen LogP contribution in [0.25, 0.3) is 10.9 Å². The Morgan fingerprint density at radius 3 is 2.84 bits per heavy atom. The van der Waals surface area contributed by atoms with Gasteiger partial charge in [-0.05, 0) is 19.1 Å². The highest BCUT2D eigenvalue weighted by Gasteiger charge is 2.04. The number of aromatic nitrogens is 3. The molecule has 0 unspecified atom stereocenters. The van der Waals surface area contributed by atoms with Gasteiger partial charge in [0.15, 0.2) is 0 Å². The summed E-state index contributed by atoms with van der Waals surface area (Å²) in [6.45, 7) is 1.93. The molecule has 19 heavy (non-hydrogen) atoms. The zero-order valence-electron chi connectivity index (χ0n) is 10.3. The largest absolute Gasteiger partial charge is 0.338 e. The van der Waals surface area contributed by atoms with E-state index in [9.17, 15) is 4.39 Å². The van der Waals surface area contributed by atoms with Crippen molar-refractivity contribution < 1.29 is 4.39 Å². The van der Waals surface area contributed by atoms with Crippen molar-refractivity contribution in [1.29, 1.82) is 0 Å². The van der Waals surface area contributed by atoms with Crippen molar-refractivity contribution in [2.24, 2.45) is 0 Å². The molecule has 1 N–H and O–H groups in total. The van der Waals surface area contributed by atoms with Gasteiger partial charge >= 0.3 is 0 Å². The maximum Gasteiger partial charge on any atom is 0.218 e. The van der Waals surface area contributed by atoms with Gasteiger partial charge in [-0.25, -0.2) is 9.97 Å². The average Bonchev–Trinajstić information content (AvgIpc) is 2.39. The molecule has 0 aliphatic carbocycles. The molecule has 0 aliphatic heterocycles. The van der Waals surface area contributed by atoms with Crippen LogP contribution in [0.1, 0.15) is 5.69 Å². The zero-order valence-corrected chi connectivity index (χ0v) is 10.3. The lowest BCUT2D eigenvalue weighted by atomic mass is 10.1. The third-order valence-corrected chi connectivity index (χ3v) is 2.76. The van der Waals surface area contributed by atoms with Gasteiger partial charge in [0.2, 0.25) is 5.95 Å². The van der Waals surface area contributed by atoms with Crippen LogP contribution >= 0.6 is 0 Å². The van der Waals surface area contributed by atoms with Crippen LogP contribution in [0.15, 0.2) is 42.7 Å². The second kappa shape index (κ2) is 4.61. The first-order valence-corrected chi connectivity index (χ1v) is 5.83. The molecule has 0 saturated carbocycles. The number of anilines is 2. The van der Waals surface area contributed by atoms with E-state index in [4.69, 9.17) is 0 Å². The van der Waals surface area contributed by atoms with Crippen molar-refractivity contribution >= 4 is 22.4 Å². The molecule has 3 rings (SSSR count). The van der Waals surface area contributed by atoms with E-state index in [0.717, 1.165) is 22.3 Å². The first-order valence-electron chi connectivity index (χ1n) is 5.83. The van der Waals surface area contributed by atoms with E-state index in [1.54, 1.807) is 0 Å². The minimum absolute atomic E-state index is 0.406. The highest BCUT2D eigenvalue weighted by atomic mass is 19.1. The Morgan fingerprint density at radius 1 is 1.11 bits per heavy atom. The van der Waals surface area contributed by atoms with E-state index in [0.29, 0.717) is 5.82 Å². The highest BCUT2D eigenvalue weighted by molar-refractivity contribution is 5.91. The molecule has 94 valence electrons. The van der Waals surface area contributed by atoms with Crippen molar-refractivity contribution in [2.45, 2.75) is 6.92 Å². The predicted octanol–water partition coefficient (Wildman–Crippen LogP) is 3.22. The molecule has 4 nitrogen and oxygen atoms in total. The number of hydrogen-bond acceptors (Lipinski definition) is 4. The van der Waals surface area contributed by atoms with Gasteiger partial charge in [-0.3, -0.25) is 4.98 Å². The molecule has 0 spiro atoms. The first-order chi connectivity index (χ1) is 9.22. The number of fused-ring (bicyclic) bond motifs is 1. The Morgan fingerprint density at radius 2 is 2.00 bits per heavy atom. The van der Waals surface area contributed by atoms with Crippen LogP contribution < -0.4 is 5.32 Å². The fourth-order valence-corrected chi connectivity index (χ4v) is 1.89. The van der Waals surface area contributed by atoms with E-state index >= 15 is 0 Å². The van der Waals surface area contributed by atoms with Crippen LogP contribution in [-0.4, -0.2) is 15.0 Å².